The van der Waals surface area contributed by atoms with Crippen molar-refractivity contribution >= 4 is 15.9 Å². The van der Waals surface area contributed by atoms with E-state index in [4.69, 9.17) is 5.21 Å². The van der Waals surface area contributed by atoms with E-state index in [2.05, 4.69) is 0 Å². The van der Waals surface area contributed by atoms with Gasteiger partial charge in [-0.1, -0.05) is 6.07 Å². The Hall–Kier alpha value is -1.14. The lowest BCUT2D eigenvalue weighted by Gasteiger charge is -1.98. The van der Waals surface area contributed by atoms with Gasteiger partial charge in [0, 0.05) is 0 Å². The molecular formula is C6H6FNO3S. The Bertz CT molecular complexity index is 376. The average molecular weight is 191 g/mol. The highest BCUT2D eigenvalue weighted by Gasteiger charge is 2.11. The first kappa shape index (κ1) is 8.95. The predicted molar refractivity (Wildman–Crippen MR) is 40.1 cm³/mol. The number of benzene rings is 1. The Labute approximate surface area is 68.8 Å². The molecule has 0 radical (unpaired) electrons. The zero-order chi connectivity index (χ0) is 9.19. The number of nitrogens with one attached hydrogen (secondary N) is 1. The van der Waals surface area contributed by atoms with Gasteiger partial charge in [-0.2, -0.15) is 8.42 Å². The van der Waals surface area contributed by atoms with Gasteiger partial charge in [0.2, 0.25) is 0 Å². The van der Waals surface area contributed by atoms with Gasteiger partial charge in [0.05, 0.1) is 5.69 Å². The molecular weight excluding hydrogens is 185 g/mol. The van der Waals surface area contributed by atoms with E-state index in [-0.39, 0.29) is 5.69 Å². The Kier molecular flexibility index (Phi) is 2.30. The molecule has 0 aliphatic rings. The van der Waals surface area contributed by atoms with Gasteiger partial charge in [-0.25, -0.2) is 0 Å². The van der Waals surface area contributed by atoms with Crippen LogP contribution in [0.4, 0.5) is 9.57 Å². The van der Waals surface area contributed by atoms with E-state index in [0.717, 1.165) is 12.1 Å². The van der Waals surface area contributed by atoms with E-state index in [0.29, 0.717) is 0 Å². The fraction of sp³-hybridized carbons (Fsp3) is 0. The summed E-state index contributed by atoms with van der Waals surface area (Å²) >= 11 is 0. The first-order valence-electron chi connectivity index (χ1n) is 2.99. The molecule has 2 N–H and O–H groups in total. The zero-order valence-electron chi connectivity index (χ0n) is 5.86. The lowest BCUT2D eigenvalue weighted by atomic mass is 10.3. The number of halogens is 1. The maximum atomic E-state index is 12.3. The number of rotatable bonds is 2. The molecule has 0 amide bonds. The molecule has 1 rings (SSSR count). The molecule has 0 heterocycles. The number of hydrogen-bond donors (Lipinski definition) is 2. The second kappa shape index (κ2) is 3.08. The van der Waals surface area contributed by atoms with Gasteiger partial charge in [-0.15, -0.1) is 3.89 Å². The SMILES string of the molecule is O=S(=O)(F)c1cccc(NO)c1. The fourth-order valence-corrected chi connectivity index (χ4v) is 1.23. The third kappa shape index (κ3) is 1.93. The van der Waals surface area contributed by atoms with Gasteiger partial charge in [0.1, 0.15) is 4.90 Å². The summed E-state index contributed by atoms with van der Waals surface area (Å²) in [7, 11) is -4.69. The van der Waals surface area contributed by atoms with Crippen molar-refractivity contribution < 1.29 is 17.5 Å². The normalized spacial score (nSPS) is 11.2. The minimum atomic E-state index is -4.69. The van der Waals surface area contributed by atoms with Crippen molar-refractivity contribution in [2.45, 2.75) is 4.90 Å². The van der Waals surface area contributed by atoms with Gasteiger partial charge in [-0.05, 0) is 18.2 Å². The molecule has 0 aliphatic carbocycles. The summed E-state index contributed by atoms with van der Waals surface area (Å²) in [5.41, 5.74) is 1.83. The molecule has 0 spiro atoms. The molecule has 0 aromatic heterocycles. The van der Waals surface area contributed by atoms with Crippen LogP contribution in [0, 0.1) is 0 Å². The van der Waals surface area contributed by atoms with Crippen molar-refractivity contribution in [2.24, 2.45) is 0 Å². The highest BCUT2D eigenvalue weighted by atomic mass is 32.3. The van der Waals surface area contributed by atoms with Crippen molar-refractivity contribution in [1.29, 1.82) is 0 Å². The molecule has 4 nitrogen and oxygen atoms in total. The first-order valence-corrected chi connectivity index (χ1v) is 4.37. The molecule has 0 saturated carbocycles. The number of anilines is 1. The van der Waals surface area contributed by atoms with E-state index >= 15 is 0 Å². The third-order valence-electron chi connectivity index (χ3n) is 1.24. The van der Waals surface area contributed by atoms with Gasteiger partial charge in [0.25, 0.3) is 0 Å². The molecule has 66 valence electrons. The topological polar surface area (TPSA) is 66.4 Å². The summed E-state index contributed by atoms with van der Waals surface area (Å²) < 4.78 is 33.0. The largest absolute Gasteiger partial charge is 0.332 e. The highest BCUT2D eigenvalue weighted by molar-refractivity contribution is 7.86. The lowest BCUT2D eigenvalue weighted by Crippen LogP contribution is -1.94. The predicted octanol–water partition coefficient (Wildman–Crippen LogP) is 1.15. The lowest BCUT2D eigenvalue weighted by molar-refractivity contribution is 0.388. The zero-order valence-corrected chi connectivity index (χ0v) is 6.68. The Balaban J connectivity index is 3.20. The maximum absolute atomic E-state index is 12.3. The molecule has 0 aliphatic heterocycles. The van der Waals surface area contributed by atoms with Crippen molar-refractivity contribution in [3.05, 3.63) is 24.3 Å². The second-order valence-electron chi connectivity index (χ2n) is 2.08. The van der Waals surface area contributed by atoms with Crippen LogP contribution in [0.1, 0.15) is 0 Å². The van der Waals surface area contributed by atoms with Crippen LogP contribution in [-0.2, 0) is 10.2 Å². The van der Waals surface area contributed by atoms with Gasteiger partial charge in [-0.3, -0.25) is 10.7 Å². The molecule has 0 atom stereocenters. The summed E-state index contributed by atoms with van der Waals surface area (Å²) in [6.45, 7) is 0. The van der Waals surface area contributed by atoms with E-state index in [1.54, 1.807) is 5.48 Å². The van der Waals surface area contributed by atoms with Crippen molar-refractivity contribution in [3.8, 4) is 0 Å². The molecule has 1 aromatic rings. The summed E-state index contributed by atoms with van der Waals surface area (Å²) in [4.78, 5) is -0.485. The maximum Gasteiger partial charge on any atom is 0.332 e. The minimum Gasteiger partial charge on any atom is -0.291 e. The highest BCUT2D eigenvalue weighted by Crippen LogP contribution is 2.16. The first-order chi connectivity index (χ1) is 5.54. The summed E-state index contributed by atoms with van der Waals surface area (Å²) in [6.07, 6.45) is 0. The van der Waals surface area contributed by atoms with Crippen LogP contribution in [0.25, 0.3) is 0 Å². The fourth-order valence-electron chi connectivity index (χ4n) is 0.717. The van der Waals surface area contributed by atoms with E-state index < -0.39 is 15.1 Å². The molecule has 0 bridgehead atoms. The third-order valence-corrected chi connectivity index (χ3v) is 2.06. The van der Waals surface area contributed by atoms with Crippen molar-refractivity contribution in [2.75, 3.05) is 5.48 Å². The van der Waals surface area contributed by atoms with E-state index in [9.17, 15) is 12.3 Å². The van der Waals surface area contributed by atoms with Gasteiger partial charge < -0.3 is 0 Å². The quantitative estimate of drug-likeness (QED) is 0.543. The molecule has 0 unspecified atom stereocenters. The van der Waals surface area contributed by atoms with Gasteiger partial charge >= 0.3 is 10.2 Å². The Morgan fingerprint density at radius 1 is 1.42 bits per heavy atom. The van der Waals surface area contributed by atoms with Crippen molar-refractivity contribution in [1.82, 2.24) is 0 Å². The number of hydrogen-bond acceptors (Lipinski definition) is 4. The summed E-state index contributed by atoms with van der Waals surface area (Å²) in [5.74, 6) is 0. The van der Waals surface area contributed by atoms with Crippen LogP contribution >= 0.6 is 0 Å². The van der Waals surface area contributed by atoms with Gasteiger partial charge in [0.15, 0.2) is 0 Å². The van der Waals surface area contributed by atoms with Crippen LogP contribution < -0.4 is 5.48 Å². The molecule has 12 heavy (non-hydrogen) atoms. The molecule has 0 saturated heterocycles. The van der Waals surface area contributed by atoms with Crippen LogP contribution in [0.2, 0.25) is 0 Å². The van der Waals surface area contributed by atoms with E-state index in [1.807, 2.05) is 0 Å². The van der Waals surface area contributed by atoms with Crippen LogP contribution in [0.5, 0.6) is 0 Å². The monoisotopic (exact) mass is 191 g/mol. The van der Waals surface area contributed by atoms with Crippen molar-refractivity contribution in [3.63, 3.8) is 0 Å². The summed E-state index contributed by atoms with van der Waals surface area (Å²) in [6, 6.07) is 4.78. The van der Waals surface area contributed by atoms with Crippen LogP contribution in [0.15, 0.2) is 29.2 Å². The smallest absolute Gasteiger partial charge is 0.291 e. The van der Waals surface area contributed by atoms with Crippen LogP contribution in [-0.4, -0.2) is 13.6 Å². The Morgan fingerprint density at radius 2 is 2.08 bits per heavy atom. The summed E-state index contributed by atoms with van der Waals surface area (Å²) in [5, 5.41) is 8.36. The van der Waals surface area contributed by atoms with E-state index in [1.165, 1.54) is 12.1 Å². The molecule has 6 heteroatoms. The standard InChI is InChI=1S/C6H6FNO3S/c7-12(10,11)6-3-1-2-5(4-6)8-9/h1-4,8-9H. The Morgan fingerprint density at radius 3 is 2.58 bits per heavy atom. The molecule has 1 aromatic carbocycles. The van der Waals surface area contributed by atoms with Crippen LogP contribution in [0.3, 0.4) is 0 Å². The molecule has 0 fully saturated rings. The second-order valence-corrected chi connectivity index (χ2v) is 3.42. The minimum absolute atomic E-state index is 0.119. The average Bonchev–Trinajstić information content (AvgIpc) is 2.03.